The molecule has 0 saturated carbocycles. The maximum Gasteiger partial charge on any atom is 0.147 e. The lowest BCUT2D eigenvalue weighted by Crippen LogP contribution is -2.58. The summed E-state index contributed by atoms with van der Waals surface area (Å²) in [4.78, 5) is 0. The highest BCUT2D eigenvalue weighted by Crippen LogP contribution is 2.56. The lowest BCUT2D eigenvalue weighted by molar-refractivity contribution is 0.784. The van der Waals surface area contributed by atoms with Gasteiger partial charge in [-0.15, -0.1) is 0 Å². The normalized spacial score (nSPS) is 15.4. The molecule has 1 aliphatic rings. The van der Waals surface area contributed by atoms with Crippen molar-refractivity contribution in [2.75, 3.05) is 10.6 Å². The molecular weight excluding hydrogens is 505 g/mol. The third-order valence-electron chi connectivity index (χ3n) is 7.34. The number of hydrogen-bond acceptors (Lipinski definition) is 2. The van der Waals surface area contributed by atoms with Crippen LogP contribution >= 0.6 is 0 Å². The van der Waals surface area contributed by atoms with Crippen molar-refractivity contribution < 1.29 is 0 Å². The lowest BCUT2D eigenvalue weighted by atomic mass is 9.95. The van der Waals surface area contributed by atoms with E-state index < -0.39 is 21.8 Å². The predicted octanol–water partition coefficient (Wildman–Crippen LogP) is 9.58. The van der Waals surface area contributed by atoms with Gasteiger partial charge in [-0.1, -0.05) is 136 Å². The minimum absolute atomic E-state index is 0.562. The van der Waals surface area contributed by atoms with E-state index >= 15 is 0 Å². The number of nitrogens with one attached hydrogen (secondary N) is 2. The van der Waals surface area contributed by atoms with Gasteiger partial charge in [-0.2, -0.15) is 0 Å². The van der Waals surface area contributed by atoms with Crippen molar-refractivity contribution in [1.29, 1.82) is 0 Å². The second kappa shape index (κ2) is 10.5. The van der Waals surface area contributed by atoms with Crippen LogP contribution in [0.5, 0.6) is 0 Å². The van der Waals surface area contributed by atoms with Crippen molar-refractivity contribution in [3.63, 3.8) is 0 Å². The zero-order valence-corrected chi connectivity index (χ0v) is 26.0. The summed E-state index contributed by atoms with van der Waals surface area (Å²) in [5.41, 5.74) is 7.04. The number of benzene rings is 4. The molecule has 0 heterocycles. The lowest BCUT2D eigenvalue weighted by Gasteiger charge is -2.46. The molecule has 0 atom stereocenters. The van der Waals surface area contributed by atoms with Crippen molar-refractivity contribution >= 4 is 38.7 Å². The van der Waals surface area contributed by atoms with Crippen LogP contribution in [0.4, 0.5) is 11.4 Å². The standard InChI is InChI=1S/C35H40N2Si2/c1-38(2,3)33-31(27-19-11-7-12-20-27)32(28-21-13-8-14-22-28)34(39(4,5)6)35(33,36-29-23-15-9-16-24-29)37-30-25-17-10-18-26-30/h7-26,36-37H,1-6H3. The average Bonchev–Trinajstić information content (AvgIpc) is 3.22. The van der Waals surface area contributed by atoms with Crippen LogP contribution in [0.1, 0.15) is 11.1 Å². The molecule has 4 aromatic carbocycles. The maximum absolute atomic E-state index is 4.16. The zero-order valence-electron chi connectivity index (χ0n) is 24.0. The van der Waals surface area contributed by atoms with Gasteiger partial charge in [0.05, 0.1) is 16.1 Å². The zero-order chi connectivity index (χ0) is 27.7. The minimum Gasteiger partial charge on any atom is -0.356 e. The Morgan fingerprint density at radius 2 is 0.692 bits per heavy atom. The number of para-hydroxylation sites is 2. The molecule has 5 rings (SSSR count). The molecule has 0 amide bonds. The SMILES string of the molecule is C[Si](C)(C)C1=C(c2ccccc2)C(c2ccccc2)=C([Si](C)(C)C)C1(Nc1ccccc1)Nc1ccccc1. The van der Waals surface area contributed by atoms with Gasteiger partial charge in [-0.05, 0) is 56.9 Å². The fourth-order valence-electron chi connectivity index (χ4n) is 6.17. The molecule has 2 N–H and O–H groups in total. The molecule has 0 spiro atoms. The second-order valence-electron chi connectivity index (χ2n) is 12.5. The largest absolute Gasteiger partial charge is 0.356 e. The highest BCUT2D eigenvalue weighted by Gasteiger charge is 2.55. The summed E-state index contributed by atoms with van der Waals surface area (Å²) in [6.45, 7) is 15.0. The maximum atomic E-state index is 4.16. The summed E-state index contributed by atoms with van der Waals surface area (Å²) in [5, 5.41) is 11.3. The first-order valence-corrected chi connectivity index (χ1v) is 20.9. The van der Waals surface area contributed by atoms with Crippen molar-refractivity contribution in [3.8, 4) is 0 Å². The number of rotatable bonds is 8. The van der Waals surface area contributed by atoms with Crippen molar-refractivity contribution in [2.45, 2.75) is 44.9 Å². The minimum atomic E-state index is -1.97. The molecular formula is C35H40N2Si2. The van der Waals surface area contributed by atoms with Crippen molar-refractivity contribution in [3.05, 3.63) is 143 Å². The third kappa shape index (κ3) is 5.32. The Bertz CT molecular complexity index is 1360. The van der Waals surface area contributed by atoms with Crippen LogP contribution in [0.3, 0.4) is 0 Å². The first-order valence-electron chi connectivity index (χ1n) is 13.9. The predicted molar refractivity (Wildman–Crippen MR) is 176 cm³/mol. The first kappa shape index (κ1) is 27.0. The Kier molecular flexibility index (Phi) is 7.27. The molecule has 0 saturated heterocycles. The van der Waals surface area contributed by atoms with E-state index in [4.69, 9.17) is 0 Å². The summed E-state index contributed by atoms with van der Waals surface area (Å²) in [6, 6.07) is 43.6. The van der Waals surface area contributed by atoms with E-state index in [-0.39, 0.29) is 0 Å². The van der Waals surface area contributed by atoms with Crippen LogP contribution < -0.4 is 10.6 Å². The van der Waals surface area contributed by atoms with Gasteiger partial charge in [0.1, 0.15) is 5.66 Å². The summed E-state index contributed by atoms with van der Waals surface area (Å²) < 4.78 is 0. The first-order chi connectivity index (χ1) is 18.6. The Morgan fingerprint density at radius 1 is 0.410 bits per heavy atom. The molecule has 0 bridgehead atoms. The fraction of sp³-hybridized carbons (Fsp3) is 0.200. The van der Waals surface area contributed by atoms with E-state index in [9.17, 15) is 0 Å². The van der Waals surface area contributed by atoms with Crippen LogP contribution in [-0.2, 0) is 0 Å². The summed E-state index contributed by atoms with van der Waals surface area (Å²) in [7, 11) is -3.95. The van der Waals surface area contributed by atoms with E-state index in [1.165, 1.54) is 32.7 Å². The fourth-order valence-corrected chi connectivity index (χ4v) is 11.1. The van der Waals surface area contributed by atoms with E-state index in [2.05, 4.69) is 171 Å². The quantitative estimate of drug-likeness (QED) is 0.170. The summed E-state index contributed by atoms with van der Waals surface area (Å²) in [6.07, 6.45) is 0. The smallest absolute Gasteiger partial charge is 0.147 e. The van der Waals surface area contributed by atoms with E-state index in [1.807, 2.05) is 0 Å². The van der Waals surface area contributed by atoms with Gasteiger partial charge in [-0.3, -0.25) is 0 Å². The number of hydrogen-bond donors (Lipinski definition) is 2. The van der Waals surface area contributed by atoms with Gasteiger partial charge >= 0.3 is 0 Å². The molecule has 2 nitrogen and oxygen atoms in total. The highest BCUT2D eigenvalue weighted by atomic mass is 28.3. The second-order valence-corrected chi connectivity index (χ2v) is 22.5. The molecule has 0 aromatic heterocycles. The average molecular weight is 545 g/mol. The summed E-state index contributed by atoms with van der Waals surface area (Å²) in [5.74, 6) is 0. The number of allylic oxidation sites excluding steroid dienone is 2. The van der Waals surface area contributed by atoms with Crippen molar-refractivity contribution in [1.82, 2.24) is 0 Å². The van der Waals surface area contributed by atoms with Crippen LogP contribution in [0.25, 0.3) is 11.1 Å². The third-order valence-corrected chi connectivity index (χ3v) is 11.6. The highest BCUT2D eigenvalue weighted by molar-refractivity contribution is 6.89. The molecule has 4 heteroatoms. The van der Waals surface area contributed by atoms with Gasteiger partial charge < -0.3 is 10.6 Å². The topological polar surface area (TPSA) is 24.1 Å². The molecule has 0 unspecified atom stereocenters. The molecule has 39 heavy (non-hydrogen) atoms. The van der Waals surface area contributed by atoms with Crippen LogP contribution in [-0.4, -0.2) is 21.8 Å². The van der Waals surface area contributed by atoms with E-state index in [0.29, 0.717) is 0 Å². The van der Waals surface area contributed by atoms with E-state index in [1.54, 1.807) is 0 Å². The molecule has 198 valence electrons. The van der Waals surface area contributed by atoms with Crippen molar-refractivity contribution in [2.24, 2.45) is 0 Å². The number of anilines is 2. The molecule has 1 aliphatic carbocycles. The molecule has 4 aromatic rings. The Labute approximate surface area is 236 Å². The van der Waals surface area contributed by atoms with Crippen LogP contribution in [0.15, 0.2) is 132 Å². The van der Waals surface area contributed by atoms with Gasteiger partial charge in [-0.25, -0.2) is 0 Å². The van der Waals surface area contributed by atoms with Gasteiger partial charge in [0, 0.05) is 11.4 Å². The van der Waals surface area contributed by atoms with Gasteiger partial charge in [0.2, 0.25) is 0 Å². The van der Waals surface area contributed by atoms with Crippen LogP contribution in [0, 0.1) is 0 Å². The summed E-state index contributed by atoms with van der Waals surface area (Å²) >= 11 is 0. The van der Waals surface area contributed by atoms with E-state index in [0.717, 1.165) is 11.4 Å². The molecule has 0 radical (unpaired) electrons. The van der Waals surface area contributed by atoms with Crippen LogP contribution in [0.2, 0.25) is 39.3 Å². The molecule has 0 aliphatic heterocycles. The monoisotopic (exact) mass is 544 g/mol. The van der Waals surface area contributed by atoms with Gasteiger partial charge in [0.25, 0.3) is 0 Å². The Balaban J connectivity index is 1.97. The molecule has 0 fully saturated rings. The Hall–Kier alpha value is -3.61. The van der Waals surface area contributed by atoms with Gasteiger partial charge in [0.15, 0.2) is 0 Å². The Morgan fingerprint density at radius 3 is 0.974 bits per heavy atom.